The molecule has 0 amide bonds. The highest BCUT2D eigenvalue weighted by molar-refractivity contribution is 5.38. The molecule has 0 spiro atoms. The molecular weight excluding hydrogens is 240 g/mol. The fraction of sp³-hybridized carbons (Fsp3) is 0.714. The van der Waals surface area contributed by atoms with Crippen molar-refractivity contribution in [3.63, 3.8) is 0 Å². The molecule has 5 nitrogen and oxygen atoms in total. The molecule has 0 saturated carbocycles. The third-order valence-electron chi connectivity index (χ3n) is 3.16. The number of anilines is 1. The minimum Gasteiger partial charge on any atom is -0.369 e. The topological polar surface area (TPSA) is 50.3 Å². The van der Waals surface area contributed by atoms with Crippen LogP contribution in [-0.4, -0.2) is 41.5 Å². The molecule has 1 atom stereocenters. The summed E-state index contributed by atoms with van der Waals surface area (Å²) >= 11 is 0. The molecule has 19 heavy (non-hydrogen) atoms. The van der Waals surface area contributed by atoms with Crippen LogP contribution >= 0.6 is 0 Å². The van der Waals surface area contributed by atoms with Crippen molar-refractivity contribution >= 4 is 5.82 Å². The number of hydrogen-bond donors (Lipinski definition) is 1. The van der Waals surface area contributed by atoms with Crippen molar-refractivity contribution in [1.29, 1.82) is 0 Å². The first-order valence-electron chi connectivity index (χ1n) is 6.96. The van der Waals surface area contributed by atoms with E-state index in [0.717, 1.165) is 37.7 Å². The number of morpholine rings is 1. The zero-order valence-electron chi connectivity index (χ0n) is 12.3. The van der Waals surface area contributed by atoms with Crippen LogP contribution in [0.3, 0.4) is 0 Å². The van der Waals surface area contributed by atoms with Gasteiger partial charge in [0.2, 0.25) is 0 Å². The number of nitrogens with zero attached hydrogens (tertiary/aromatic N) is 3. The van der Waals surface area contributed by atoms with E-state index in [1.807, 2.05) is 12.1 Å². The van der Waals surface area contributed by atoms with E-state index in [1.165, 1.54) is 0 Å². The molecule has 2 heterocycles. The molecule has 1 aromatic heterocycles. The van der Waals surface area contributed by atoms with Crippen LogP contribution < -0.4 is 10.2 Å². The summed E-state index contributed by atoms with van der Waals surface area (Å²) in [6, 6.07) is 4.09. The molecule has 1 aromatic rings. The highest BCUT2D eigenvalue weighted by Gasteiger charge is 2.31. The zero-order chi connectivity index (χ0) is 13.9. The van der Waals surface area contributed by atoms with Gasteiger partial charge in [0.25, 0.3) is 0 Å². The normalized spacial score (nSPS) is 22.5. The first kappa shape index (κ1) is 14.2. The van der Waals surface area contributed by atoms with E-state index in [2.05, 4.69) is 48.1 Å². The predicted octanol–water partition coefficient (Wildman–Crippen LogP) is 1.59. The molecule has 1 aliphatic heterocycles. The lowest BCUT2D eigenvalue weighted by Gasteiger charge is -2.42. The lowest BCUT2D eigenvalue weighted by Crippen LogP contribution is -2.52. The van der Waals surface area contributed by atoms with E-state index in [1.54, 1.807) is 0 Å². The Hall–Kier alpha value is -1.20. The minimum atomic E-state index is -0.137. The Morgan fingerprint density at radius 3 is 2.79 bits per heavy atom. The van der Waals surface area contributed by atoms with Gasteiger partial charge < -0.3 is 15.0 Å². The van der Waals surface area contributed by atoms with Gasteiger partial charge in [0, 0.05) is 19.6 Å². The molecule has 5 heteroatoms. The van der Waals surface area contributed by atoms with E-state index < -0.39 is 0 Å². The molecule has 1 unspecified atom stereocenters. The number of aromatic nitrogens is 2. The van der Waals surface area contributed by atoms with Crippen LogP contribution in [0.15, 0.2) is 12.1 Å². The molecule has 1 N–H and O–H groups in total. The minimum absolute atomic E-state index is 0.137. The van der Waals surface area contributed by atoms with Crippen LogP contribution in [0.5, 0.6) is 0 Å². The monoisotopic (exact) mass is 264 g/mol. The Kier molecular flexibility index (Phi) is 4.37. The molecular formula is C14H24N4O. The molecule has 0 radical (unpaired) electrons. The molecule has 106 valence electrons. The van der Waals surface area contributed by atoms with E-state index in [0.29, 0.717) is 0 Å². The second-order valence-corrected chi connectivity index (χ2v) is 5.73. The quantitative estimate of drug-likeness (QED) is 0.895. The van der Waals surface area contributed by atoms with Crippen LogP contribution in [0.1, 0.15) is 33.4 Å². The van der Waals surface area contributed by atoms with Crippen molar-refractivity contribution in [1.82, 2.24) is 15.5 Å². The molecule has 0 aliphatic carbocycles. The van der Waals surface area contributed by atoms with Gasteiger partial charge in [-0.15, -0.1) is 5.10 Å². The number of nitrogens with one attached hydrogen (secondary N) is 1. The van der Waals surface area contributed by atoms with Crippen molar-refractivity contribution in [2.24, 2.45) is 0 Å². The van der Waals surface area contributed by atoms with Crippen molar-refractivity contribution in [2.75, 3.05) is 24.5 Å². The van der Waals surface area contributed by atoms with Gasteiger partial charge in [0.15, 0.2) is 5.82 Å². The summed E-state index contributed by atoms with van der Waals surface area (Å²) in [7, 11) is 0. The molecule has 0 aromatic carbocycles. The second-order valence-electron chi connectivity index (χ2n) is 5.73. The van der Waals surface area contributed by atoms with E-state index in [4.69, 9.17) is 4.74 Å². The molecule has 1 saturated heterocycles. The summed E-state index contributed by atoms with van der Waals surface area (Å²) in [5, 5.41) is 11.9. The number of rotatable bonds is 4. The van der Waals surface area contributed by atoms with Crippen LogP contribution in [0.25, 0.3) is 0 Å². The Balaban J connectivity index is 2.05. The van der Waals surface area contributed by atoms with Gasteiger partial charge in [-0.05, 0) is 39.4 Å². The van der Waals surface area contributed by atoms with Gasteiger partial charge in [0.05, 0.1) is 17.4 Å². The maximum atomic E-state index is 5.90. The van der Waals surface area contributed by atoms with Crippen molar-refractivity contribution < 1.29 is 4.74 Å². The van der Waals surface area contributed by atoms with Crippen molar-refractivity contribution in [3.8, 4) is 0 Å². The average Bonchev–Trinajstić information content (AvgIpc) is 2.34. The third kappa shape index (κ3) is 3.88. The smallest absolute Gasteiger partial charge is 0.151 e. The summed E-state index contributed by atoms with van der Waals surface area (Å²) in [5.74, 6) is 0.934. The average molecular weight is 264 g/mol. The fourth-order valence-corrected chi connectivity index (χ4v) is 2.50. The molecule has 1 fully saturated rings. The van der Waals surface area contributed by atoms with E-state index >= 15 is 0 Å². The number of ether oxygens (including phenoxy) is 1. The van der Waals surface area contributed by atoms with Gasteiger partial charge >= 0.3 is 0 Å². The van der Waals surface area contributed by atoms with Crippen LogP contribution in [0.4, 0.5) is 5.82 Å². The molecule has 2 rings (SSSR count). The van der Waals surface area contributed by atoms with Crippen LogP contribution in [-0.2, 0) is 11.3 Å². The van der Waals surface area contributed by atoms with Crippen LogP contribution in [0, 0.1) is 0 Å². The van der Waals surface area contributed by atoms with Gasteiger partial charge in [-0.2, -0.15) is 5.10 Å². The first-order valence-corrected chi connectivity index (χ1v) is 6.96. The molecule has 1 aliphatic rings. The lowest BCUT2D eigenvalue weighted by atomic mass is 10.1. The Morgan fingerprint density at radius 2 is 2.21 bits per heavy atom. The highest BCUT2D eigenvalue weighted by Crippen LogP contribution is 2.24. The van der Waals surface area contributed by atoms with E-state index in [9.17, 15) is 0 Å². The third-order valence-corrected chi connectivity index (χ3v) is 3.16. The Morgan fingerprint density at radius 1 is 1.42 bits per heavy atom. The maximum absolute atomic E-state index is 5.90. The van der Waals surface area contributed by atoms with E-state index in [-0.39, 0.29) is 11.7 Å². The highest BCUT2D eigenvalue weighted by atomic mass is 16.5. The maximum Gasteiger partial charge on any atom is 0.151 e. The standard InChI is InChI=1S/C14H24N4O/c1-5-15-8-12-6-7-13(17-16-12)18-9-11(2)19-14(3,4)10-18/h6-7,11,15H,5,8-10H2,1-4H3. The number of hydrogen-bond acceptors (Lipinski definition) is 5. The Labute approximate surface area is 115 Å². The summed E-state index contributed by atoms with van der Waals surface area (Å²) in [4.78, 5) is 2.25. The summed E-state index contributed by atoms with van der Waals surface area (Å²) in [5.41, 5.74) is 0.841. The second kappa shape index (κ2) is 5.84. The first-order chi connectivity index (χ1) is 9.00. The van der Waals surface area contributed by atoms with Gasteiger partial charge in [0.1, 0.15) is 0 Å². The van der Waals surface area contributed by atoms with Crippen molar-refractivity contribution in [2.45, 2.75) is 45.9 Å². The van der Waals surface area contributed by atoms with Gasteiger partial charge in [-0.1, -0.05) is 6.92 Å². The fourth-order valence-electron chi connectivity index (χ4n) is 2.50. The SMILES string of the molecule is CCNCc1ccc(N2CC(C)OC(C)(C)C2)nn1. The summed E-state index contributed by atoms with van der Waals surface area (Å²) < 4.78 is 5.90. The lowest BCUT2D eigenvalue weighted by molar-refractivity contribution is -0.0752. The summed E-state index contributed by atoms with van der Waals surface area (Å²) in [6.07, 6.45) is 0.215. The largest absolute Gasteiger partial charge is 0.369 e. The molecule has 0 bridgehead atoms. The predicted molar refractivity (Wildman–Crippen MR) is 76.3 cm³/mol. The van der Waals surface area contributed by atoms with Gasteiger partial charge in [-0.3, -0.25) is 0 Å². The Bertz CT molecular complexity index is 404. The zero-order valence-corrected chi connectivity index (χ0v) is 12.3. The van der Waals surface area contributed by atoms with Crippen LogP contribution in [0.2, 0.25) is 0 Å². The summed E-state index contributed by atoms with van der Waals surface area (Å²) in [6.45, 7) is 11.8. The van der Waals surface area contributed by atoms with Crippen molar-refractivity contribution in [3.05, 3.63) is 17.8 Å². The van der Waals surface area contributed by atoms with Gasteiger partial charge in [-0.25, -0.2) is 0 Å².